The van der Waals surface area contributed by atoms with E-state index in [0.29, 0.717) is 22.0 Å². The maximum atomic E-state index is 14.0. The van der Waals surface area contributed by atoms with Crippen molar-refractivity contribution in [2.24, 2.45) is 0 Å². The van der Waals surface area contributed by atoms with Crippen LogP contribution in [0.25, 0.3) is 0 Å². The molecule has 0 saturated heterocycles. The van der Waals surface area contributed by atoms with Gasteiger partial charge in [-0.15, -0.1) is 0 Å². The lowest BCUT2D eigenvalue weighted by molar-refractivity contribution is -0.140. The SMILES string of the molecule is COc1ccc(CN(C(=O)CN(c2ccccc2C)S(=O)(=O)c2ccc(Cl)cc2)C(C)C(=O)NC(C)(C)C)cc1. The minimum atomic E-state index is -4.17. The number of methoxy groups -OCH3 is 1. The number of aryl methyl sites for hydroxylation is 1. The van der Waals surface area contributed by atoms with E-state index >= 15 is 0 Å². The van der Waals surface area contributed by atoms with Crippen molar-refractivity contribution in [2.75, 3.05) is 18.0 Å². The Balaban J connectivity index is 2.04. The Kier molecular flexibility index (Phi) is 9.87. The quantitative estimate of drug-likeness (QED) is 0.353. The van der Waals surface area contributed by atoms with Crippen LogP contribution < -0.4 is 14.4 Å². The number of rotatable bonds is 10. The van der Waals surface area contributed by atoms with Crippen molar-refractivity contribution >= 4 is 39.1 Å². The van der Waals surface area contributed by atoms with Gasteiger partial charge in [-0.2, -0.15) is 0 Å². The summed E-state index contributed by atoms with van der Waals surface area (Å²) in [5, 5.41) is 3.31. The van der Waals surface area contributed by atoms with Crippen LogP contribution in [-0.4, -0.2) is 50.4 Å². The third kappa shape index (κ3) is 7.76. The van der Waals surface area contributed by atoms with Crippen molar-refractivity contribution in [1.29, 1.82) is 0 Å². The number of hydrogen-bond acceptors (Lipinski definition) is 5. The Bertz CT molecular complexity index is 1440. The highest BCUT2D eigenvalue weighted by atomic mass is 35.5. The highest BCUT2D eigenvalue weighted by molar-refractivity contribution is 7.92. The Morgan fingerprint density at radius 3 is 2.12 bits per heavy atom. The van der Waals surface area contributed by atoms with Gasteiger partial charge in [0.05, 0.1) is 17.7 Å². The van der Waals surface area contributed by atoms with Gasteiger partial charge >= 0.3 is 0 Å². The molecule has 3 aromatic carbocycles. The number of halogens is 1. The van der Waals surface area contributed by atoms with Crippen LogP contribution >= 0.6 is 11.6 Å². The molecule has 0 aromatic heterocycles. The van der Waals surface area contributed by atoms with Gasteiger partial charge in [0, 0.05) is 17.1 Å². The number of sulfonamides is 1. The average Bonchev–Trinajstić information content (AvgIpc) is 2.90. The fourth-order valence-corrected chi connectivity index (χ4v) is 5.68. The molecule has 0 aliphatic rings. The van der Waals surface area contributed by atoms with Crippen molar-refractivity contribution in [2.45, 2.75) is 57.6 Å². The van der Waals surface area contributed by atoms with Crippen LogP contribution in [0.1, 0.15) is 38.8 Å². The molecule has 3 aromatic rings. The number of carbonyl (C=O) groups is 2. The Hall–Kier alpha value is -3.56. The number of nitrogens with zero attached hydrogens (tertiary/aromatic N) is 2. The fourth-order valence-electron chi connectivity index (χ4n) is 4.07. The van der Waals surface area contributed by atoms with Gasteiger partial charge in [0.1, 0.15) is 18.3 Å². The van der Waals surface area contributed by atoms with Crippen LogP contribution in [0, 0.1) is 6.92 Å². The number of hydrogen-bond donors (Lipinski definition) is 1. The normalized spacial score (nSPS) is 12.4. The van der Waals surface area contributed by atoms with Crippen LogP contribution in [0.3, 0.4) is 0 Å². The van der Waals surface area contributed by atoms with E-state index in [9.17, 15) is 18.0 Å². The van der Waals surface area contributed by atoms with Crippen molar-refractivity contribution < 1.29 is 22.7 Å². The Morgan fingerprint density at radius 1 is 0.975 bits per heavy atom. The van der Waals surface area contributed by atoms with Gasteiger partial charge in [-0.25, -0.2) is 8.42 Å². The monoisotopic (exact) mass is 585 g/mol. The topological polar surface area (TPSA) is 96.0 Å². The minimum absolute atomic E-state index is 0.00631. The summed E-state index contributed by atoms with van der Waals surface area (Å²) in [6.07, 6.45) is 0. The highest BCUT2D eigenvalue weighted by Gasteiger charge is 2.33. The average molecular weight is 586 g/mol. The number of para-hydroxylation sites is 1. The predicted octanol–water partition coefficient (Wildman–Crippen LogP) is 5.18. The van der Waals surface area contributed by atoms with E-state index in [1.54, 1.807) is 69.5 Å². The van der Waals surface area contributed by atoms with Crippen LogP contribution in [0.2, 0.25) is 5.02 Å². The van der Waals surface area contributed by atoms with Crippen molar-refractivity contribution in [3.8, 4) is 5.75 Å². The van der Waals surface area contributed by atoms with Gasteiger partial charge in [-0.1, -0.05) is 41.9 Å². The summed E-state index contributed by atoms with van der Waals surface area (Å²) < 4.78 is 34.1. The van der Waals surface area contributed by atoms with Crippen LogP contribution in [0.4, 0.5) is 5.69 Å². The summed E-state index contributed by atoms with van der Waals surface area (Å²) in [7, 11) is -2.61. The number of amides is 2. The first-order valence-corrected chi connectivity index (χ1v) is 14.6. The molecule has 0 aliphatic heterocycles. The van der Waals surface area contributed by atoms with Gasteiger partial charge < -0.3 is 15.0 Å². The van der Waals surface area contributed by atoms with Crippen LogP contribution in [0.15, 0.2) is 77.7 Å². The lowest BCUT2D eigenvalue weighted by Crippen LogP contribution is -2.54. The number of anilines is 1. The molecule has 40 heavy (non-hydrogen) atoms. The van der Waals surface area contributed by atoms with Crippen molar-refractivity contribution in [3.05, 3.63) is 88.9 Å². The van der Waals surface area contributed by atoms with Gasteiger partial charge in [-0.05, 0) is 88.2 Å². The zero-order valence-electron chi connectivity index (χ0n) is 23.6. The van der Waals surface area contributed by atoms with E-state index in [1.165, 1.54) is 29.2 Å². The minimum Gasteiger partial charge on any atom is -0.497 e. The second-order valence-corrected chi connectivity index (χ2v) is 12.8. The van der Waals surface area contributed by atoms with E-state index in [-0.39, 0.29) is 17.3 Å². The van der Waals surface area contributed by atoms with Crippen molar-refractivity contribution in [3.63, 3.8) is 0 Å². The lowest BCUT2D eigenvalue weighted by atomic mass is 10.1. The summed E-state index contributed by atoms with van der Waals surface area (Å²) in [6, 6.07) is 19.0. The summed E-state index contributed by atoms with van der Waals surface area (Å²) >= 11 is 6.00. The van der Waals surface area contributed by atoms with Gasteiger partial charge in [-0.3, -0.25) is 13.9 Å². The predicted molar refractivity (Wildman–Crippen MR) is 158 cm³/mol. The number of nitrogens with one attached hydrogen (secondary N) is 1. The second-order valence-electron chi connectivity index (χ2n) is 10.5. The molecule has 0 aliphatic carbocycles. The standard InChI is InChI=1S/C30H36ClN3O5S/c1-21-9-7-8-10-27(21)34(40(37,38)26-17-13-24(31)14-18-26)20-28(35)33(22(2)29(36)32-30(3,4)5)19-23-11-15-25(39-6)16-12-23/h7-18,22H,19-20H2,1-6H3,(H,32,36). The van der Waals surface area contributed by atoms with Crippen LogP contribution in [0.5, 0.6) is 5.75 Å². The van der Waals surface area contributed by atoms with Gasteiger partial charge in [0.15, 0.2) is 0 Å². The first-order valence-electron chi connectivity index (χ1n) is 12.8. The number of benzene rings is 3. The molecular formula is C30H36ClN3O5S. The highest BCUT2D eigenvalue weighted by Crippen LogP contribution is 2.28. The molecule has 8 nitrogen and oxygen atoms in total. The molecule has 0 spiro atoms. The largest absolute Gasteiger partial charge is 0.497 e. The fraction of sp³-hybridized carbons (Fsp3) is 0.333. The zero-order valence-corrected chi connectivity index (χ0v) is 25.2. The van der Waals surface area contributed by atoms with Crippen LogP contribution in [-0.2, 0) is 26.2 Å². The molecule has 0 fully saturated rings. The molecule has 0 heterocycles. The summed E-state index contributed by atoms with van der Waals surface area (Å²) in [4.78, 5) is 28.6. The van der Waals surface area contributed by atoms with Gasteiger partial charge in [0.25, 0.3) is 10.0 Å². The molecule has 10 heteroatoms. The molecule has 1 unspecified atom stereocenters. The molecular weight excluding hydrogens is 550 g/mol. The van der Waals surface area contributed by atoms with E-state index in [2.05, 4.69) is 5.32 Å². The molecule has 2 amide bonds. The lowest BCUT2D eigenvalue weighted by Gasteiger charge is -2.33. The second kappa shape index (κ2) is 12.7. The third-order valence-corrected chi connectivity index (χ3v) is 8.27. The first-order chi connectivity index (χ1) is 18.7. The van der Waals surface area contributed by atoms with E-state index < -0.39 is 34.1 Å². The Labute approximate surface area is 241 Å². The smallest absolute Gasteiger partial charge is 0.264 e. The maximum Gasteiger partial charge on any atom is 0.264 e. The number of ether oxygens (including phenoxy) is 1. The Morgan fingerprint density at radius 2 is 1.57 bits per heavy atom. The molecule has 3 rings (SSSR count). The third-order valence-electron chi connectivity index (χ3n) is 6.24. The van der Waals surface area contributed by atoms with Crippen molar-refractivity contribution in [1.82, 2.24) is 10.2 Å². The summed E-state index contributed by atoms with van der Waals surface area (Å²) in [6.45, 7) is 8.54. The molecule has 0 saturated carbocycles. The van der Waals surface area contributed by atoms with E-state index in [1.807, 2.05) is 20.8 Å². The number of carbonyl (C=O) groups excluding carboxylic acids is 2. The zero-order chi connectivity index (χ0) is 29.7. The molecule has 0 radical (unpaired) electrons. The maximum absolute atomic E-state index is 14.0. The summed E-state index contributed by atoms with van der Waals surface area (Å²) in [5.74, 6) is -0.231. The first kappa shape index (κ1) is 31.0. The molecule has 0 bridgehead atoms. The molecule has 1 atom stereocenters. The summed E-state index contributed by atoms with van der Waals surface area (Å²) in [5.41, 5.74) is 1.27. The molecule has 214 valence electrons. The van der Waals surface area contributed by atoms with E-state index in [0.717, 1.165) is 9.87 Å². The van der Waals surface area contributed by atoms with Gasteiger partial charge in [0.2, 0.25) is 11.8 Å². The van der Waals surface area contributed by atoms with E-state index in [4.69, 9.17) is 16.3 Å². The molecule has 1 N–H and O–H groups in total.